The highest BCUT2D eigenvalue weighted by molar-refractivity contribution is 4.58. The van der Waals surface area contributed by atoms with E-state index in [9.17, 15) is 5.11 Å². The van der Waals surface area contributed by atoms with Crippen LogP contribution in [0.2, 0.25) is 0 Å². The van der Waals surface area contributed by atoms with Crippen LogP contribution in [0.4, 0.5) is 0 Å². The molecule has 0 aromatic heterocycles. The lowest BCUT2D eigenvalue weighted by Crippen LogP contribution is -2.05. The highest BCUT2D eigenvalue weighted by Gasteiger charge is 2.04. The highest BCUT2D eigenvalue weighted by Crippen LogP contribution is 2.18. The monoisotopic (exact) mass is 679 g/mol. The van der Waals surface area contributed by atoms with Crippen LogP contribution >= 0.6 is 0 Å². The van der Waals surface area contributed by atoms with E-state index < -0.39 is 0 Å². The first-order chi connectivity index (χ1) is 23.8. The van der Waals surface area contributed by atoms with Crippen molar-refractivity contribution < 1.29 is 10.2 Å². The molecule has 2 N–H and O–H groups in total. The molecule has 0 aliphatic carbocycles. The zero-order chi connectivity index (χ0) is 34.7. The van der Waals surface area contributed by atoms with Gasteiger partial charge in [-0.25, -0.2) is 0 Å². The van der Waals surface area contributed by atoms with Gasteiger partial charge < -0.3 is 10.2 Å². The van der Waals surface area contributed by atoms with E-state index in [-0.39, 0.29) is 6.10 Å². The predicted octanol–water partition coefficient (Wildman–Crippen LogP) is 16.1. The van der Waals surface area contributed by atoms with E-state index in [0.717, 1.165) is 19.3 Å². The second kappa shape index (κ2) is 44.9. The Bertz CT molecular complexity index is 488. The van der Waals surface area contributed by atoms with Crippen LogP contribution in [0.5, 0.6) is 0 Å². The van der Waals surface area contributed by atoms with Crippen molar-refractivity contribution in [2.45, 2.75) is 289 Å². The van der Waals surface area contributed by atoms with Gasteiger partial charge in [0.1, 0.15) is 0 Å². The van der Waals surface area contributed by atoms with Crippen LogP contribution < -0.4 is 0 Å². The van der Waals surface area contributed by atoms with E-state index in [2.05, 4.69) is 6.92 Å². The molecule has 0 aromatic rings. The maximum Gasteiger partial charge on any atom is 0.0540 e. The van der Waals surface area contributed by atoms with Crippen molar-refractivity contribution in [2.75, 3.05) is 6.61 Å². The summed E-state index contributed by atoms with van der Waals surface area (Å²) in [6.07, 6.45) is 59.5. The summed E-state index contributed by atoms with van der Waals surface area (Å²) in [5, 5.41) is 19.2. The first-order valence-electron chi connectivity index (χ1n) is 23.1. The average Bonchev–Trinajstić information content (AvgIpc) is 3.09. The molecular weight excluding hydrogens is 585 g/mol. The van der Waals surface area contributed by atoms with Gasteiger partial charge in [-0.2, -0.15) is 0 Å². The molecule has 0 rings (SSSR count). The van der Waals surface area contributed by atoms with Gasteiger partial charge >= 0.3 is 0 Å². The topological polar surface area (TPSA) is 40.5 Å². The smallest absolute Gasteiger partial charge is 0.0540 e. The maximum absolute atomic E-state index is 10.4. The van der Waals surface area contributed by atoms with E-state index in [1.165, 1.54) is 257 Å². The van der Waals surface area contributed by atoms with Gasteiger partial charge in [0.2, 0.25) is 0 Å². The summed E-state index contributed by atoms with van der Waals surface area (Å²) in [4.78, 5) is 0. The average molecular weight is 679 g/mol. The molecule has 48 heavy (non-hydrogen) atoms. The fraction of sp³-hybridized carbons (Fsp3) is 1.00. The summed E-state index contributed by atoms with van der Waals surface area (Å²) in [6, 6.07) is 0. The van der Waals surface area contributed by atoms with Gasteiger partial charge in [-0.05, 0) is 19.3 Å². The first-order valence-corrected chi connectivity index (χ1v) is 23.1. The molecule has 0 saturated carbocycles. The number of hydrogen-bond donors (Lipinski definition) is 2. The standard InChI is InChI=1S/C46H94O2/c1-2-3-4-5-6-7-8-9-10-11-12-13-16-19-22-25-28-31-34-37-40-43-46(48)44-41-38-35-32-29-26-23-20-17-14-15-18-21-24-27-30-33-36-39-42-45-47/h46-48H,2-45H2,1H3. The van der Waals surface area contributed by atoms with Crippen LogP contribution in [-0.2, 0) is 0 Å². The Balaban J connectivity index is 3.14. The van der Waals surface area contributed by atoms with Crippen LogP contribution in [0.3, 0.4) is 0 Å². The van der Waals surface area contributed by atoms with Crippen molar-refractivity contribution >= 4 is 0 Å². The van der Waals surface area contributed by atoms with Gasteiger partial charge in [-0.15, -0.1) is 0 Å². The van der Waals surface area contributed by atoms with E-state index in [1.807, 2.05) is 0 Å². The summed E-state index contributed by atoms with van der Waals surface area (Å²) in [7, 11) is 0. The molecule has 2 nitrogen and oxygen atoms in total. The predicted molar refractivity (Wildman–Crippen MR) is 217 cm³/mol. The summed E-state index contributed by atoms with van der Waals surface area (Å²) >= 11 is 0. The van der Waals surface area contributed by atoms with E-state index in [0.29, 0.717) is 6.61 Å². The number of rotatable bonds is 44. The molecule has 0 aliphatic heterocycles. The van der Waals surface area contributed by atoms with E-state index >= 15 is 0 Å². The quantitative estimate of drug-likeness (QED) is 0.0630. The molecule has 0 radical (unpaired) electrons. The Morgan fingerprint density at radius 1 is 0.250 bits per heavy atom. The van der Waals surface area contributed by atoms with Crippen LogP contribution in [0, 0.1) is 0 Å². The molecule has 0 bridgehead atoms. The van der Waals surface area contributed by atoms with Gasteiger partial charge in [-0.3, -0.25) is 0 Å². The minimum atomic E-state index is -0.0434. The number of hydrogen-bond acceptors (Lipinski definition) is 2. The Morgan fingerprint density at radius 3 is 0.604 bits per heavy atom. The Morgan fingerprint density at radius 2 is 0.417 bits per heavy atom. The maximum atomic E-state index is 10.4. The van der Waals surface area contributed by atoms with E-state index in [1.54, 1.807) is 0 Å². The second-order valence-corrected chi connectivity index (χ2v) is 16.1. The van der Waals surface area contributed by atoms with Crippen molar-refractivity contribution in [2.24, 2.45) is 0 Å². The summed E-state index contributed by atoms with van der Waals surface area (Å²) in [6.45, 7) is 2.67. The number of unbranched alkanes of at least 4 members (excludes halogenated alkanes) is 39. The zero-order valence-electron chi connectivity index (χ0n) is 33.6. The molecule has 0 amide bonds. The molecule has 1 unspecified atom stereocenters. The minimum absolute atomic E-state index is 0.0434. The first kappa shape index (κ1) is 47.9. The molecular formula is C46H94O2. The molecule has 0 aliphatic rings. The zero-order valence-corrected chi connectivity index (χ0v) is 33.6. The van der Waals surface area contributed by atoms with Gasteiger partial charge in [0.05, 0.1) is 6.10 Å². The fourth-order valence-corrected chi connectivity index (χ4v) is 7.63. The molecule has 0 fully saturated rings. The van der Waals surface area contributed by atoms with Gasteiger partial charge in [0.15, 0.2) is 0 Å². The third kappa shape index (κ3) is 43.9. The molecule has 290 valence electrons. The Labute approximate surface area is 305 Å². The third-order valence-electron chi connectivity index (χ3n) is 11.1. The number of aliphatic hydroxyl groups is 2. The van der Waals surface area contributed by atoms with Crippen LogP contribution in [0.15, 0.2) is 0 Å². The van der Waals surface area contributed by atoms with Gasteiger partial charge in [0.25, 0.3) is 0 Å². The SMILES string of the molecule is CCCCCCCCCCCCCCCCCCCCCCCC(O)CCCCCCCCCCCCCCCCCCCCCCO. The normalized spacial score (nSPS) is 12.3. The number of aliphatic hydroxyl groups excluding tert-OH is 2. The highest BCUT2D eigenvalue weighted by atomic mass is 16.3. The minimum Gasteiger partial charge on any atom is -0.396 e. The molecule has 0 spiro atoms. The lowest BCUT2D eigenvalue weighted by molar-refractivity contribution is 0.147. The Kier molecular flexibility index (Phi) is 44.9. The van der Waals surface area contributed by atoms with Gasteiger partial charge in [-0.1, -0.05) is 264 Å². The summed E-state index contributed by atoms with van der Waals surface area (Å²) < 4.78 is 0. The molecule has 2 heteroatoms. The molecule has 0 aromatic carbocycles. The van der Waals surface area contributed by atoms with Crippen molar-refractivity contribution in [1.29, 1.82) is 0 Å². The summed E-state index contributed by atoms with van der Waals surface area (Å²) in [5.74, 6) is 0. The van der Waals surface area contributed by atoms with Crippen LogP contribution in [-0.4, -0.2) is 22.9 Å². The molecule has 1 atom stereocenters. The Hall–Kier alpha value is -0.0800. The van der Waals surface area contributed by atoms with Crippen molar-refractivity contribution in [3.63, 3.8) is 0 Å². The molecule has 0 saturated heterocycles. The van der Waals surface area contributed by atoms with Crippen molar-refractivity contribution in [1.82, 2.24) is 0 Å². The van der Waals surface area contributed by atoms with E-state index in [4.69, 9.17) is 5.11 Å². The van der Waals surface area contributed by atoms with Gasteiger partial charge in [0, 0.05) is 6.61 Å². The second-order valence-electron chi connectivity index (χ2n) is 16.1. The van der Waals surface area contributed by atoms with Crippen LogP contribution in [0.25, 0.3) is 0 Å². The van der Waals surface area contributed by atoms with Crippen LogP contribution in [0.1, 0.15) is 283 Å². The molecule has 0 heterocycles. The third-order valence-corrected chi connectivity index (χ3v) is 11.1. The fourth-order valence-electron chi connectivity index (χ4n) is 7.63. The van der Waals surface area contributed by atoms with Crippen molar-refractivity contribution in [3.8, 4) is 0 Å². The van der Waals surface area contributed by atoms with Crippen molar-refractivity contribution in [3.05, 3.63) is 0 Å². The summed E-state index contributed by atoms with van der Waals surface area (Å²) in [5.41, 5.74) is 0. The largest absolute Gasteiger partial charge is 0.396 e. The lowest BCUT2D eigenvalue weighted by Gasteiger charge is -2.10. The lowest BCUT2D eigenvalue weighted by atomic mass is 10.0.